The van der Waals surface area contributed by atoms with Crippen LogP contribution >= 0.6 is 0 Å². The minimum absolute atomic E-state index is 0.0399. The number of carbonyl (C=O) groups is 2. The molecule has 2 heterocycles. The third-order valence-corrected chi connectivity index (χ3v) is 4.26. The summed E-state index contributed by atoms with van der Waals surface area (Å²) < 4.78 is 7.14. The maximum absolute atomic E-state index is 13.0. The van der Waals surface area contributed by atoms with E-state index in [0.717, 1.165) is 11.4 Å². The van der Waals surface area contributed by atoms with Gasteiger partial charge >= 0.3 is 5.97 Å². The van der Waals surface area contributed by atoms with Crippen LogP contribution in [0.4, 0.5) is 0 Å². The van der Waals surface area contributed by atoms with E-state index in [0.29, 0.717) is 18.5 Å². The van der Waals surface area contributed by atoms with Gasteiger partial charge in [0.2, 0.25) is 0 Å². The summed E-state index contributed by atoms with van der Waals surface area (Å²) >= 11 is 0. The summed E-state index contributed by atoms with van der Waals surface area (Å²) in [4.78, 5) is 25.7. The Kier molecular flexibility index (Phi) is 4.85. The molecule has 0 radical (unpaired) electrons. The predicted molar refractivity (Wildman–Crippen MR) is 90.8 cm³/mol. The van der Waals surface area contributed by atoms with E-state index in [1.54, 1.807) is 22.7 Å². The summed E-state index contributed by atoms with van der Waals surface area (Å²) in [6.45, 7) is 4.14. The van der Waals surface area contributed by atoms with Crippen molar-refractivity contribution in [3.63, 3.8) is 0 Å². The van der Waals surface area contributed by atoms with Gasteiger partial charge in [0.15, 0.2) is 6.10 Å². The second-order valence-corrected chi connectivity index (χ2v) is 6.09. The Bertz CT molecular complexity index is 772. The molecule has 2 atom stereocenters. The fourth-order valence-corrected chi connectivity index (χ4v) is 3.11. The molecule has 0 bridgehead atoms. The van der Waals surface area contributed by atoms with E-state index in [9.17, 15) is 14.7 Å². The van der Waals surface area contributed by atoms with E-state index in [1.807, 2.05) is 37.3 Å². The van der Waals surface area contributed by atoms with Gasteiger partial charge in [0.1, 0.15) is 0 Å². The number of hydrogen-bond donors (Lipinski definition) is 1. The smallest absolute Gasteiger partial charge is 0.334 e. The Morgan fingerprint density at radius 2 is 2.00 bits per heavy atom. The fraction of sp³-hybridized carbons (Fsp3) is 0.389. The molecule has 3 rings (SSSR count). The van der Waals surface area contributed by atoms with Gasteiger partial charge < -0.3 is 14.7 Å². The van der Waals surface area contributed by atoms with E-state index < -0.39 is 12.1 Å². The largest absolute Gasteiger partial charge is 0.479 e. The third kappa shape index (κ3) is 3.41. The fourth-order valence-electron chi connectivity index (χ4n) is 3.11. The molecule has 0 saturated carbocycles. The van der Waals surface area contributed by atoms with E-state index in [1.165, 1.54) is 0 Å². The molecule has 1 N–H and O–H groups in total. The molecule has 1 aromatic heterocycles. The number of hydrogen-bond acceptors (Lipinski definition) is 4. The second-order valence-electron chi connectivity index (χ2n) is 6.09. The van der Waals surface area contributed by atoms with Gasteiger partial charge in [-0.15, -0.1) is 0 Å². The molecule has 0 spiro atoms. The molecule has 1 amide bonds. The first-order chi connectivity index (χ1) is 12.0. The van der Waals surface area contributed by atoms with Crippen LogP contribution in [0.2, 0.25) is 0 Å². The number of para-hydroxylation sites is 1. The van der Waals surface area contributed by atoms with Crippen LogP contribution in [0.5, 0.6) is 0 Å². The predicted octanol–water partition coefficient (Wildman–Crippen LogP) is 1.75. The zero-order chi connectivity index (χ0) is 18.0. The highest BCUT2D eigenvalue weighted by Gasteiger charge is 2.34. The summed E-state index contributed by atoms with van der Waals surface area (Å²) in [6.07, 6.45) is 0.873. The zero-order valence-electron chi connectivity index (χ0n) is 14.3. The molecular formula is C18H21N3O4. The summed E-state index contributed by atoms with van der Waals surface area (Å²) in [5, 5.41) is 13.6. The number of morpholine rings is 1. The van der Waals surface area contributed by atoms with E-state index in [2.05, 4.69) is 5.10 Å². The highest BCUT2D eigenvalue weighted by Crippen LogP contribution is 2.20. The van der Waals surface area contributed by atoms with Gasteiger partial charge in [-0.25, -0.2) is 9.48 Å². The van der Waals surface area contributed by atoms with Crippen LogP contribution in [0.1, 0.15) is 29.9 Å². The SMILES string of the molecule is CCc1c(C(=O)N2CC(C(=O)O)O[C@H](C)C2)cnn1-c1ccccc1. The van der Waals surface area contributed by atoms with Crippen molar-refractivity contribution in [3.05, 3.63) is 47.8 Å². The molecule has 132 valence electrons. The van der Waals surface area contributed by atoms with Gasteiger partial charge in [-0.3, -0.25) is 4.79 Å². The van der Waals surface area contributed by atoms with Crippen LogP contribution in [0, 0.1) is 0 Å². The molecule has 1 unspecified atom stereocenters. The summed E-state index contributed by atoms with van der Waals surface area (Å²) in [5.41, 5.74) is 2.20. The molecule has 7 nitrogen and oxygen atoms in total. The molecule has 2 aromatic rings. The molecule has 1 aromatic carbocycles. The van der Waals surface area contributed by atoms with Gasteiger partial charge in [-0.2, -0.15) is 5.10 Å². The van der Waals surface area contributed by atoms with Crippen LogP contribution in [0.3, 0.4) is 0 Å². The molecule has 1 saturated heterocycles. The molecule has 0 aliphatic carbocycles. The number of amides is 1. The average molecular weight is 343 g/mol. The van der Waals surface area contributed by atoms with Crippen LogP contribution in [-0.2, 0) is 16.0 Å². The van der Waals surface area contributed by atoms with Crippen molar-refractivity contribution in [2.24, 2.45) is 0 Å². The van der Waals surface area contributed by atoms with Crippen LogP contribution in [-0.4, -0.2) is 57.0 Å². The molecule has 7 heteroatoms. The highest BCUT2D eigenvalue weighted by molar-refractivity contribution is 5.95. The minimum Gasteiger partial charge on any atom is -0.479 e. The number of aliphatic carboxylic acids is 1. The number of benzene rings is 1. The van der Waals surface area contributed by atoms with Crippen molar-refractivity contribution < 1.29 is 19.4 Å². The number of rotatable bonds is 4. The van der Waals surface area contributed by atoms with Gasteiger partial charge in [-0.1, -0.05) is 25.1 Å². The number of carbonyl (C=O) groups excluding carboxylic acids is 1. The standard InChI is InChI=1S/C18H21N3O4/c1-3-15-14(9-19-21(15)13-7-5-4-6-8-13)17(22)20-10-12(2)25-16(11-20)18(23)24/h4-9,12,16H,3,10-11H2,1-2H3,(H,23,24)/t12-,16?/m1/s1. The number of ether oxygens (including phenoxy) is 1. The Balaban J connectivity index is 1.90. The van der Waals surface area contributed by atoms with Crippen molar-refractivity contribution in [1.29, 1.82) is 0 Å². The van der Waals surface area contributed by atoms with Crippen molar-refractivity contribution >= 4 is 11.9 Å². The lowest BCUT2D eigenvalue weighted by molar-refractivity contribution is -0.160. The lowest BCUT2D eigenvalue weighted by Gasteiger charge is -2.34. The zero-order valence-corrected chi connectivity index (χ0v) is 14.3. The normalized spacial score (nSPS) is 20.5. The monoisotopic (exact) mass is 343 g/mol. The van der Waals surface area contributed by atoms with Gasteiger partial charge in [-0.05, 0) is 25.5 Å². The van der Waals surface area contributed by atoms with E-state index in [4.69, 9.17) is 4.74 Å². The number of aromatic nitrogens is 2. The Hall–Kier alpha value is -2.67. The first kappa shape index (κ1) is 17.2. The lowest BCUT2D eigenvalue weighted by atomic mass is 10.1. The first-order valence-corrected chi connectivity index (χ1v) is 8.31. The van der Waals surface area contributed by atoms with Crippen LogP contribution in [0.25, 0.3) is 5.69 Å². The summed E-state index contributed by atoms with van der Waals surface area (Å²) in [7, 11) is 0. The number of carboxylic acids is 1. The van der Waals surface area contributed by atoms with Crippen LogP contribution in [0.15, 0.2) is 36.5 Å². The summed E-state index contributed by atoms with van der Waals surface area (Å²) in [6, 6.07) is 9.61. The number of nitrogens with zero attached hydrogens (tertiary/aromatic N) is 3. The maximum atomic E-state index is 13.0. The van der Waals surface area contributed by atoms with Crippen LogP contribution < -0.4 is 0 Å². The molecule has 25 heavy (non-hydrogen) atoms. The Morgan fingerprint density at radius 3 is 2.64 bits per heavy atom. The van der Waals surface area contributed by atoms with Crippen molar-refractivity contribution in [2.45, 2.75) is 32.5 Å². The van der Waals surface area contributed by atoms with Crippen molar-refractivity contribution in [3.8, 4) is 5.69 Å². The Morgan fingerprint density at radius 1 is 1.28 bits per heavy atom. The summed E-state index contributed by atoms with van der Waals surface area (Å²) in [5.74, 6) is -1.26. The molecule has 1 fully saturated rings. The topological polar surface area (TPSA) is 84.7 Å². The third-order valence-electron chi connectivity index (χ3n) is 4.26. The van der Waals surface area contributed by atoms with Gasteiger partial charge in [0.05, 0.1) is 35.8 Å². The quantitative estimate of drug-likeness (QED) is 0.914. The van der Waals surface area contributed by atoms with E-state index >= 15 is 0 Å². The lowest BCUT2D eigenvalue weighted by Crippen LogP contribution is -2.51. The molecule has 1 aliphatic heterocycles. The molecule has 1 aliphatic rings. The van der Waals surface area contributed by atoms with Crippen molar-refractivity contribution in [2.75, 3.05) is 13.1 Å². The first-order valence-electron chi connectivity index (χ1n) is 8.31. The second kappa shape index (κ2) is 7.06. The Labute approximate surface area is 145 Å². The number of carboxylic acid groups (broad SMARTS) is 1. The maximum Gasteiger partial charge on any atom is 0.334 e. The van der Waals surface area contributed by atoms with Crippen molar-refractivity contribution in [1.82, 2.24) is 14.7 Å². The van der Waals surface area contributed by atoms with Gasteiger partial charge in [0.25, 0.3) is 5.91 Å². The highest BCUT2D eigenvalue weighted by atomic mass is 16.5. The minimum atomic E-state index is -1.06. The van der Waals surface area contributed by atoms with Gasteiger partial charge in [0, 0.05) is 6.54 Å². The molecular weight excluding hydrogens is 322 g/mol. The average Bonchev–Trinajstić information content (AvgIpc) is 3.05. The van der Waals surface area contributed by atoms with E-state index in [-0.39, 0.29) is 18.6 Å².